The van der Waals surface area contributed by atoms with Crippen LogP contribution < -0.4 is 0 Å². The lowest BCUT2D eigenvalue weighted by atomic mass is 10.1. The van der Waals surface area contributed by atoms with Crippen LogP contribution in [0.1, 0.15) is 19.3 Å². The van der Waals surface area contributed by atoms with Gasteiger partial charge in [0, 0.05) is 12.4 Å². The van der Waals surface area contributed by atoms with Crippen molar-refractivity contribution in [2.75, 3.05) is 13.7 Å². The molecular formula is C13H17ClO2S. The summed E-state index contributed by atoms with van der Waals surface area (Å²) >= 11 is 6.10. The minimum Gasteiger partial charge on any atom is -0.384 e. The van der Waals surface area contributed by atoms with Gasteiger partial charge in [0.25, 0.3) is 0 Å². The van der Waals surface area contributed by atoms with Crippen molar-refractivity contribution in [2.24, 2.45) is 5.92 Å². The number of hydrogen-bond acceptors (Lipinski definition) is 2. The van der Waals surface area contributed by atoms with Crippen LogP contribution in [0.4, 0.5) is 0 Å². The van der Waals surface area contributed by atoms with Crippen LogP contribution in [0.3, 0.4) is 0 Å². The SMILES string of the molecule is COC[C@@H]1CCC[C@@H]1S(=O)c1ccccc1Cl. The minimum atomic E-state index is -1.01. The van der Waals surface area contributed by atoms with Crippen LogP contribution in [0.2, 0.25) is 5.02 Å². The van der Waals surface area contributed by atoms with E-state index in [0.29, 0.717) is 17.5 Å². The summed E-state index contributed by atoms with van der Waals surface area (Å²) in [7, 11) is 0.688. The number of benzene rings is 1. The molecule has 0 amide bonds. The third-order valence-electron chi connectivity index (χ3n) is 3.30. The second kappa shape index (κ2) is 5.98. The molecule has 1 unspecified atom stereocenters. The van der Waals surface area contributed by atoms with Crippen molar-refractivity contribution in [1.29, 1.82) is 0 Å². The Bertz CT molecular complexity index is 408. The molecule has 0 radical (unpaired) electrons. The summed E-state index contributed by atoms with van der Waals surface area (Å²) in [6.45, 7) is 0.695. The normalized spacial score (nSPS) is 26.0. The van der Waals surface area contributed by atoms with E-state index in [4.69, 9.17) is 16.3 Å². The third-order valence-corrected chi connectivity index (χ3v) is 5.70. The molecule has 0 heterocycles. The number of halogens is 1. The first-order valence-electron chi connectivity index (χ1n) is 5.88. The smallest absolute Gasteiger partial charge is 0.0579 e. The van der Waals surface area contributed by atoms with Crippen LogP contribution >= 0.6 is 11.6 Å². The van der Waals surface area contributed by atoms with Gasteiger partial charge in [0.05, 0.1) is 27.3 Å². The van der Waals surface area contributed by atoms with Crippen LogP contribution in [-0.4, -0.2) is 23.2 Å². The van der Waals surface area contributed by atoms with Gasteiger partial charge >= 0.3 is 0 Å². The van der Waals surface area contributed by atoms with Gasteiger partial charge in [-0.3, -0.25) is 4.21 Å². The predicted molar refractivity (Wildman–Crippen MR) is 70.9 cm³/mol. The van der Waals surface area contributed by atoms with Gasteiger partial charge in [-0.2, -0.15) is 0 Å². The molecule has 1 aromatic carbocycles. The van der Waals surface area contributed by atoms with Gasteiger partial charge in [-0.05, 0) is 30.9 Å². The Kier molecular flexibility index (Phi) is 4.60. The van der Waals surface area contributed by atoms with Crippen LogP contribution in [0.15, 0.2) is 29.2 Å². The van der Waals surface area contributed by atoms with Gasteiger partial charge in [0.1, 0.15) is 0 Å². The highest BCUT2D eigenvalue weighted by Crippen LogP contribution is 2.34. The van der Waals surface area contributed by atoms with Crippen molar-refractivity contribution in [3.63, 3.8) is 0 Å². The van der Waals surface area contributed by atoms with Gasteiger partial charge in [-0.15, -0.1) is 0 Å². The Morgan fingerprint density at radius 3 is 2.88 bits per heavy atom. The van der Waals surface area contributed by atoms with Crippen LogP contribution in [-0.2, 0) is 15.5 Å². The van der Waals surface area contributed by atoms with Crippen molar-refractivity contribution in [3.8, 4) is 0 Å². The molecule has 17 heavy (non-hydrogen) atoms. The van der Waals surface area contributed by atoms with E-state index in [1.807, 2.05) is 18.2 Å². The quantitative estimate of drug-likeness (QED) is 0.841. The molecule has 0 aliphatic heterocycles. The molecular weight excluding hydrogens is 256 g/mol. The number of hydrogen-bond donors (Lipinski definition) is 0. The highest BCUT2D eigenvalue weighted by molar-refractivity contribution is 7.85. The Balaban J connectivity index is 2.17. The highest BCUT2D eigenvalue weighted by atomic mass is 35.5. The Morgan fingerprint density at radius 1 is 1.41 bits per heavy atom. The molecule has 0 saturated heterocycles. The van der Waals surface area contributed by atoms with E-state index >= 15 is 0 Å². The van der Waals surface area contributed by atoms with Crippen LogP contribution in [0.25, 0.3) is 0 Å². The molecule has 1 saturated carbocycles. The standard InChI is InChI=1S/C13H17ClO2S/c1-16-9-10-5-4-8-12(10)17(15)13-7-3-2-6-11(13)14/h2-3,6-7,10,12H,4-5,8-9H2,1H3/t10-,12-,17?/m0/s1. The van der Waals surface area contributed by atoms with E-state index in [9.17, 15) is 4.21 Å². The van der Waals surface area contributed by atoms with E-state index in [-0.39, 0.29) is 5.25 Å². The number of methoxy groups -OCH3 is 1. The lowest BCUT2D eigenvalue weighted by Gasteiger charge is -2.18. The van der Waals surface area contributed by atoms with Crippen molar-refractivity contribution in [1.82, 2.24) is 0 Å². The summed E-state index contributed by atoms with van der Waals surface area (Å²) in [5.74, 6) is 0.400. The first-order chi connectivity index (χ1) is 8.24. The lowest BCUT2D eigenvalue weighted by molar-refractivity contribution is 0.156. The fourth-order valence-corrected chi connectivity index (χ4v) is 4.57. The van der Waals surface area contributed by atoms with Gasteiger partial charge in [0.2, 0.25) is 0 Å². The largest absolute Gasteiger partial charge is 0.384 e. The molecule has 0 bridgehead atoms. The maximum Gasteiger partial charge on any atom is 0.0579 e. The zero-order chi connectivity index (χ0) is 12.3. The van der Waals surface area contributed by atoms with Gasteiger partial charge < -0.3 is 4.74 Å². The number of rotatable bonds is 4. The van der Waals surface area contributed by atoms with E-state index in [0.717, 1.165) is 24.2 Å². The molecule has 2 nitrogen and oxygen atoms in total. The summed E-state index contributed by atoms with van der Waals surface area (Å²) in [6, 6.07) is 7.42. The predicted octanol–water partition coefficient (Wildman–Crippen LogP) is 3.26. The molecule has 1 fully saturated rings. The molecule has 1 aromatic rings. The second-order valence-corrected chi connectivity index (χ2v) is 6.46. The molecule has 1 aliphatic rings. The molecule has 2 rings (SSSR count). The highest BCUT2D eigenvalue weighted by Gasteiger charge is 2.33. The number of ether oxygens (including phenoxy) is 1. The molecule has 94 valence electrons. The molecule has 0 N–H and O–H groups in total. The van der Waals surface area contributed by atoms with Crippen LogP contribution in [0.5, 0.6) is 0 Å². The first kappa shape index (κ1) is 13.1. The Labute approximate surface area is 110 Å². The molecule has 1 aliphatic carbocycles. The van der Waals surface area contributed by atoms with Crippen molar-refractivity contribution >= 4 is 22.4 Å². The lowest BCUT2D eigenvalue weighted by Crippen LogP contribution is -2.24. The summed E-state index contributed by atoms with van der Waals surface area (Å²) in [5, 5.41) is 0.795. The molecule has 4 heteroatoms. The van der Waals surface area contributed by atoms with Crippen LogP contribution in [0, 0.1) is 5.92 Å². The summed E-state index contributed by atoms with van der Waals surface area (Å²) in [5.41, 5.74) is 0. The van der Waals surface area contributed by atoms with Crippen molar-refractivity contribution in [2.45, 2.75) is 29.4 Å². The fraction of sp³-hybridized carbons (Fsp3) is 0.538. The zero-order valence-corrected chi connectivity index (χ0v) is 11.5. The topological polar surface area (TPSA) is 26.3 Å². The average molecular weight is 273 g/mol. The minimum absolute atomic E-state index is 0.190. The summed E-state index contributed by atoms with van der Waals surface area (Å²) in [4.78, 5) is 0.766. The third kappa shape index (κ3) is 2.90. The molecule has 0 spiro atoms. The summed E-state index contributed by atoms with van der Waals surface area (Å²) < 4.78 is 17.7. The fourth-order valence-electron chi connectivity index (χ4n) is 2.46. The monoisotopic (exact) mass is 272 g/mol. The van der Waals surface area contributed by atoms with Crippen molar-refractivity contribution in [3.05, 3.63) is 29.3 Å². The molecule has 3 atom stereocenters. The van der Waals surface area contributed by atoms with Gasteiger partial charge in [-0.25, -0.2) is 0 Å². The second-order valence-electron chi connectivity index (χ2n) is 4.41. The zero-order valence-electron chi connectivity index (χ0n) is 9.90. The van der Waals surface area contributed by atoms with E-state index in [1.54, 1.807) is 13.2 Å². The van der Waals surface area contributed by atoms with Gasteiger partial charge in [0.15, 0.2) is 0 Å². The van der Waals surface area contributed by atoms with E-state index in [2.05, 4.69) is 0 Å². The first-order valence-corrected chi connectivity index (χ1v) is 7.47. The summed E-state index contributed by atoms with van der Waals surface area (Å²) in [6.07, 6.45) is 3.25. The Morgan fingerprint density at radius 2 is 2.18 bits per heavy atom. The van der Waals surface area contributed by atoms with Gasteiger partial charge in [-0.1, -0.05) is 30.2 Å². The average Bonchev–Trinajstić information content (AvgIpc) is 2.78. The van der Waals surface area contributed by atoms with E-state index in [1.165, 1.54) is 0 Å². The van der Waals surface area contributed by atoms with Crippen molar-refractivity contribution < 1.29 is 8.95 Å². The maximum atomic E-state index is 12.5. The molecule has 0 aromatic heterocycles. The Hall–Kier alpha value is -0.380. The maximum absolute atomic E-state index is 12.5. The van der Waals surface area contributed by atoms with E-state index < -0.39 is 10.8 Å².